The summed E-state index contributed by atoms with van der Waals surface area (Å²) in [5.41, 5.74) is 0. The smallest absolute Gasteiger partial charge is 0.179 e. The number of nitrogens with zero attached hydrogens (tertiary/aromatic N) is 2. The van der Waals surface area contributed by atoms with Crippen LogP contribution < -0.4 is 0 Å². The third kappa shape index (κ3) is 4.52. The third-order valence-electron chi connectivity index (χ3n) is 4.11. The Bertz CT molecular complexity index is 552. The van der Waals surface area contributed by atoms with Crippen LogP contribution in [0.5, 0.6) is 0 Å². The van der Waals surface area contributed by atoms with Crippen LogP contribution in [0, 0.1) is 0 Å². The first-order chi connectivity index (χ1) is 9.92. The Morgan fingerprint density at radius 3 is 2.24 bits per heavy atom. The van der Waals surface area contributed by atoms with E-state index in [1.54, 1.807) is 24.3 Å². The second-order valence-electron chi connectivity index (χ2n) is 5.55. The van der Waals surface area contributed by atoms with Gasteiger partial charge in [0.1, 0.15) is 0 Å². The van der Waals surface area contributed by atoms with E-state index in [9.17, 15) is 8.42 Å². The van der Waals surface area contributed by atoms with Gasteiger partial charge in [0.15, 0.2) is 9.84 Å². The molecule has 4 nitrogen and oxygen atoms in total. The highest BCUT2D eigenvalue weighted by atomic mass is 79.9. The molecule has 1 atom stereocenters. The monoisotopic (exact) mass is 374 g/mol. The highest BCUT2D eigenvalue weighted by Crippen LogP contribution is 2.18. The van der Waals surface area contributed by atoms with Crippen molar-refractivity contribution in [3.05, 3.63) is 28.7 Å². The quantitative estimate of drug-likeness (QED) is 0.792. The summed E-state index contributed by atoms with van der Waals surface area (Å²) < 4.78 is 25.8. The standard InChI is InChI=1S/C15H23BrN2O2S/c1-3-17-8-10-18(11-9-17)13(2)12-21(19,20)15-6-4-14(16)5-7-15/h4-7,13H,3,8-12H2,1-2H3/t13-/m0/s1. The fourth-order valence-electron chi connectivity index (χ4n) is 2.68. The van der Waals surface area contributed by atoms with Crippen molar-refractivity contribution in [2.24, 2.45) is 0 Å². The number of halogens is 1. The Kier molecular flexibility index (Phi) is 5.82. The maximum atomic E-state index is 12.5. The maximum Gasteiger partial charge on any atom is 0.179 e. The number of benzene rings is 1. The molecule has 0 aliphatic carbocycles. The first-order valence-electron chi connectivity index (χ1n) is 7.37. The van der Waals surface area contributed by atoms with Gasteiger partial charge in [0, 0.05) is 36.7 Å². The number of hydrogen-bond donors (Lipinski definition) is 0. The van der Waals surface area contributed by atoms with E-state index in [1.165, 1.54) is 0 Å². The molecule has 0 unspecified atom stereocenters. The molecule has 1 aliphatic heterocycles. The average Bonchev–Trinajstić information content (AvgIpc) is 2.47. The summed E-state index contributed by atoms with van der Waals surface area (Å²) in [5, 5.41) is 0. The zero-order valence-electron chi connectivity index (χ0n) is 12.6. The summed E-state index contributed by atoms with van der Waals surface area (Å²) in [7, 11) is -3.22. The molecule has 0 spiro atoms. The Balaban J connectivity index is 1.98. The molecule has 0 bridgehead atoms. The van der Waals surface area contributed by atoms with E-state index in [1.807, 2.05) is 6.92 Å². The predicted molar refractivity (Wildman–Crippen MR) is 89.3 cm³/mol. The zero-order chi connectivity index (χ0) is 15.5. The first-order valence-corrected chi connectivity index (χ1v) is 9.81. The maximum absolute atomic E-state index is 12.5. The molecule has 1 aromatic rings. The lowest BCUT2D eigenvalue weighted by Gasteiger charge is -2.37. The van der Waals surface area contributed by atoms with Gasteiger partial charge in [-0.25, -0.2) is 8.42 Å². The summed E-state index contributed by atoms with van der Waals surface area (Å²) >= 11 is 3.33. The first kappa shape index (κ1) is 16.9. The van der Waals surface area contributed by atoms with E-state index in [4.69, 9.17) is 0 Å². The molecule has 21 heavy (non-hydrogen) atoms. The normalized spacial score (nSPS) is 19.6. The van der Waals surface area contributed by atoms with Crippen LogP contribution in [0.25, 0.3) is 0 Å². The SMILES string of the molecule is CCN1CCN([C@@H](C)CS(=O)(=O)c2ccc(Br)cc2)CC1. The van der Waals surface area contributed by atoms with E-state index in [2.05, 4.69) is 32.7 Å². The van der Waals surface area contributed by atoms with Gasteiger partial charge in [-0.2, -0.15) is 0 Å². The summed E-state index contributed by atoms with van der Waals surface area (Å²) in [6, 6.07) is 6.94. The van der Waals surface area contributed by atoms with Gasteiger partial charge in [0.2, 0.25) is 0 Å². The second-order valence-corrected chi connectivity index (χ2v) is 8.50. The fraction of sp³-hybridized carbons (Fsp3) is 0.600. The van der Waals surface area contributed by atoms with Crippen LogP contribution >= 0.6 is 15.9 Å². The molecule has 0 radical (unpaired) electrons. The lowest BCUT2D eigenvalue weighted by molar-refractivity contribution is 0.113. The molecular formula is C15H23BrN2O2S. The van der Waals surface area contributed by atoms with Gasteiger partial charge in [-0.05, 0) is 37.7 Å². The summed E-state index contributed by atoms with van der Waals surface area (Å²) in [5.74, 6) is 0.181. The number of piperazine rings is 1. The Labute approximate surface area is 136 Å². The lowest BCUT2D eigenvalue weighted by atomic mass is 10.2. The molecule has 0 aromatic heterocycles. The van der Waals surface area contributed by atoms with Crippen molar-refractivity contribution < 1.29 is 8.42 Å². The third-order valence-corrected chi connectivity index (χ3v) is 6.55. The molecule has 6 heteroatoms. The number of hydrogen-bond acceptors (Lipinski definition) is 4. The minimum absolute atomic E-state index is 0.0534. The molecule has 1 aliphatic rings. The molecule has 1 heterocycles. The summed E-state index contributed by atoms with van der Waals surface area (Å²) in [6.07, 6.45) is 0. The largest absolute Gasteiger partial charge is 0.301 e. The second kappa shape index (κ2) is 7.22. The Morgan fingerprint density at radius 1 is 1.14 bits per heavy atom. The molecule has 1 saturated heterocycles. The van der Waals surface area contributed by atoms with Crippen LogP contribution in [-0.2, 0) is 9.84 Å². The number of likely N-dealkylation sites (N-methyl/N-ethyl adjacent to an activating group) is 1. The highest BCUT2D eigenvalue weighted by molar-refractivity contribution is 9.10. The van der Waals surface area contributed by atoms with Gasteiger partial charge in [-0.3, -0.25) is 4.90 Å². The van der Waals surface area contributed by atoms with Gasteiger partial charge in [0.05, 0.1) is 10.6 Å². The Hall–Kier alpha value is -0.430. The number of rotatable bonds is 5. The minimum atomic E-state index is -3.22. The van der Waals surface area contributed by atoms with Gasteiger partial charge >= 0.3 is 0 Å². The van der Waals surface area contributed by atoms with Gasteiger partial charge < -0.3 is 4.90 Å². The van der Waals surface area contributed by atoms with Crippen LogP contribution in [0.4, 0.5) is 0 Å². The molecule has 1 fully saturated rings. The summed E-state index contributed by atoms with van der Waals surface area (Å²) in [6.45, 7) is 9.20. The summed E-state index contributed by atoms with van der Waals surface area (Å²) in [4.78, 5) is 5.08. The topological polar surface area (TPSA) is 40.6 Å². The van der Waals surface area contributed by atoms with Gasteiger partial charge in [-0.15, -0.1) is 0 Å². The van der Waals surface area contributed by atoms with Gasteiger partial charge in [0.25, 0.3) is 0 Å². The van der Waals surface area contributed by atoms with Crippen LogP contribution in [0.1, 0.15) is 13.8 Å². The molecule has 1 aromatic carbocycles. The van der Waals surface area contributed by atoms with Crippen LogP contribution in [0.3, 0.4) is 0 Å². The van der Waals surface area contributed by atoms with Crippen molar-refractivity contribution in [3.8, 4) is 0 Å². The molecule has 0 amide bonds. The van der Waals surface area contributed by atoms with E-state index >= 15 is 0 Å². The van der Waals surface area contributed by atoms with E-state index in [-0.39, 0.29) is 11.8 Å². The Morgan fingerprint density at radius 2 is 1.71 bits per heavy atom. The highest BCUT2D eigenvalue weighted by Gasteiger charge is 2.25. The van der Waals surface area contributed by atoms with E-state index in [0.29, 0.717) is 4.90 Å². The van der Waals surface area contributed by atoms with Crippen LogP contribution in [0.15, 0.2) is 33.6 Å². The predicted octanol–water partition coefficient (Wildman–Crippen LogP) is 2.25. The minimum Gasteiger partial charge on any atom is -0.301 e. The zero-order valence-corrected chi connectivity index (χ0v) is 15.0. The van der Waals surface area contributed by atoms with Crippen molar-refractivity contribution in [1.82, 2.24) is 9.80 Å². The van der Waals surface area contributed by atoms with Crippen molar-refractivity contribution in [3.63, 3.8) is 0 Å². The molecule has 2 rings (SSSR count). The van der Waals surface area contributed by atoms with Crippen molar-refractivity contribution in [1.29, 1.82) is 0 Å². The molecule has 0 N–H and O–H groups in total. The van der Waals surface area contributed by atoms with Crippen molar-refractivity contribution >= 4 is 25.8 Å². The van der Waals surface area contributed by atoms with E-state index in [0.717, 1.165) is 37.2 Å². The lowest BCUT2D eigenvalue weighted by Crippen LogP contribution is -2.50. The fourth-order valence-corrected chi connectivity index (χ4v) is 4.53. The average molecular weight is 375 g/mol. The van der Waals surface area contributed by atoms with Crippen LogP contribution in [-0.4, -0.2) is 62.7 Å². The van der Waals surface area contributed by atoms with Crippen LogP contribution in [0.2, 0.25) is 0 Å². The van der Waals surface area contributed by atoms with Crippen molar-refractivity contribution in [2.75, 3.05) is 38.5 Å². The van der Waals surface area contributed by atoms with Crippen molar-refractivity contribution in [2.45, 2.75) is 24.8 Å². The number of sulfone groups is 1. The molecule has 0 saturated carbocycles. The molecule has 118 valence electrons. The van der Waals surface area contributed by atoms with E-state index < -0.39 is 9.84 Å². The molecular weight excluding hydrogens is 352 g/mol. The van der Waals surface area contributed by atoms with Gasteiger partial charge in [-0.1, -0.05) is 22.9 Å².